The Bertz CT molecular complexity index is 552. The largest absolute Gasteiger partial charge is 0.435 e. The summed E-state index contributed by atoms with van der Waals surface area (Å²) in [5, 5.41) is 7.39. The molecule has 0 saturated carbocycles. The Morgan fingerprint density at radius 1 is 1.25 bits per heavy atom. The highest BCUT2D eigenvalue weighted by Gasteiger charge is 2.07. The Labute approximate surface area is 119 Å². The zero-order chi connectivity index (χ0) is 14.4. The predicted molar refractivity (Wildman–Crippen MR) is 78.1 cm³/mol. The van der Waals surface area contributed by atoms with Gasteiger partial charge in [-0.1, -0.05) is 13.8 Å². The van der Waals surface area contributed by atoms with Gasteiger partial charge in [-0.15, -0.1) is 0 Å². The van der Waals surface area contributed by atoms with Crippen molar-refractivity contribution < 1.29 is 4.74 Å². The molecular weight excluding hydrogens is 254 g/mol. The van der Waals surface area contributed by atoms with E-state index < -0.39 is 0 Å². The lowest BCUT2D eigenvalue weighted by Gasteiger charge is -2.08. The molecule has 0 fully saturated rings. The number of aromatic nitrogens is 4. The van der Waals surface area contributed by atoms with Crippen LogP contribution in [0.2, 0.25) is 0 Å². The molecule has 2 aromatic heterocycles. The number of nitrogens with one attached hydrogen (secondary N) is 1. The Balaban J connectivity index is 2.10. The minimum absolute atomic E-state index is 0.564. The van der Waals surface area contributed by atoms with Gasteiger partial charge < -0.3 is 10.1 Å². The van der Waals surface area contributed by atoms with Gasteiger partial charge in [0.05, 0.1) is 12.4 Å². The van der Waals surface area contributed by atoms with E-state index in [-0.39, 0.29) is 0 Å². The van der Waals surface area contributed by atoms with E-state index in [4.69, 9.17) is 4.74 Å². The average Bonchev–Trinajstić information content (AvgIpc) is 2.87. The number of anilines is 1. The summed E-state index contributed by atoms with van der Waals surface area (Å²) in [6.07, 6.45) is 7.41. The summed E-state index contributed by atoms with van der Waals surface area (Å²) in [7, 11) is 0. The number of ether oxygens (including phenoxy) is 1. The second-order valence-electron chi connectivity index (χ2n) is 4.65. The van der Waals surface area contributed by atoms with E-state index in [1.54, 1.807) is 12.4 Å². The molecular formula is C14H21N5O. The van der Waals surface area contributed by atoms with Crippen molar-refractivity contribution in [2.75, 3.05) is 11.9 Å². The number of hydrogen-bond donors (Lipinski definition) is 1. The van der Waals surface area contributed by atoms with Crippen LogP contribution in [-0.4, -0.2) is 26.3 Å². The smallest absolute Gasteiger partial charge is 0.227 e. The van der Waals surface area contributed by atoms with Crippen LogP contribution in [0.1, 0.15) is 32.3 Å². The molecule has 0 aromatic carbocycles. The molecule has 108 valence electrons. The van der Waals surface area contributed by atoms with Crippen LogP contribution in [-0.2, 0) is 6.54 Å². The molecule has 6 nitrogen and oxygen atoms in total. The third-order valence-corrected chi connectivity index (χ3v) is 2.74. The van der Waals surface area contributed by atoms with E-state index in [0.29, 0.717) is 17.6 Å². The number of rotatable bonds is 7. The minimum Gasteiger partial charge on any atom is -0.435 e. The topological polar surface area (TPSA) is 64.9 Å². The predicted octanol–water partition coefficient (Wildman–Crippen LogP) is 3.01. The Morgan fingerprint density at radius 3 is 2.85 bits per heavy atom. The zero-order valence-corrected chi connectivity index (χ0v) is 12.3. The molecule has 2 rings (SSSR count). The maximum atomic E-state index is 5.78. The van der Waals surface area contributed by atoms with Crippen LogP contribution in [0.5, 0.6) is 11.6 Å². The van der Waals surface area contributed by atoms with Crippen LogP contribution in [0.25, 0.3) is 0 Å². The van der Waals surface area contributed by atoms with Crippen molar-refractivity contribution in [2.24, 2.45) is 0 Å². The highest BCUT2D eigenvalue weighted by atomic mass is 16.5. The van der Waals surface area contributed by atoms with Crippen LogP contribution >= 0.6 is 0 Å². The lowest BCUT2D eigenvalue weighted by atomic mass is 10.4. The SMILES string of the molecule is CCCNc1ncc(C)c(Oc2cnn(CCC)c2)n1. The minimum atomic E-state index is 0.564. The standard InChI is InChI=1S/C14H21N5O/c1-4-6-15-14-16-8-11(3)13(18-14)20-12-9-17-19(10-12)7-5-2/h8-10H,4-7H2,1-3H3,(H,15,16,18). The molecule has 20 heavy (non-hydrogen) atoms. The van der Waals surface area contributed by atoms with E-state index in [2.05, 4.69) is 34.2 Å². The van der Waals surface area contributed by atoms with Crippen LogP contribution < -0.4 is 10.1 Å². The average molecular weight is 275 g/mol. The fourth-order valence-corrected chi connectivity index (χ4v) is 1.71. The zero-order valence-electron chi connectivity index (χ0n) is 12.3. The van der Waals surface area contributed by atoms with Crippen molar-refractivity contribution in [1.82, 2.24) is 19.7 Å². The van der Waals surface area contributed by atoms with Crippen LogP contribution in [0.4, 0.5) is 5.95 Å². The second kappa shape index (κ2) is 6.88. The molecule has 0 aliphatic rings. The maximum absolute atomic E-state index is 5.78. The molecule has 0 aliphatic carbocycles. The van der Waals surface area contributed by atoms with E-state index >= 15 is 0 Å². The lowest BCUT2D eigenvalue weighted by molar-refractivity contribution is 0.456. The fourth-order valence-electron chi connectivity index (χ4n) is 1.71. The lowest BCUT2D eigenvalue weighted by Crippen LogP contribution is -2.05. The first-order valence-electron chi connectivity index (χ1n) is 7.00. The van der Waals surface area contributed by atoms with Crippen molar-refractivity contribution in [3.8, 4) is 11.6 Å². The van der Waals surface area contributed by atoms with Gasteiger partial charge in [-0.25, -0.2) is 4.98 Å². The summed E-state index contributed by atoms with van der Waals surface area (Å²) < 4.78 is 7.65. The Hall–Kier alpha value is -2.11. The second-order valence-corrected chi connectivity index (χ2v) is 4.65. The summed E-state index contributed by atoms with van der Waals surface area (Å²) >= 11 is 0. The third-order valence-electron chi connectivity index (χ3n) is 2.74. The van der Waals surface area contributed by atoms with Gasteiger partial charge in [-0.2, -0.15) is 10.1 Å². The summed E-state index contributed by atoms with van der Waals surface area (Å²) in [6.45, 7) is 7.87. The highest BCUT2D eigenvalue weighted by molar-refractivity contribution is 5.34. The first-order valence-corrected chi connectivity index (χ1v) is 7.00. The van der Waals surface area contributed by atoms with Gasteiger partial charge in [-0.3, -0.25) is 4.68 Å². The normalized spacial score (nSPS) is 10.6. The van der Waals surface area contributed by atoms with Crippen molar-refractivity contribution in [1.29, 1.82) is 0 Å². The van der Waals surface area contributed by atoms with E-state index in [9.17, 15) is 0 Å². The van der Waals surface area contributed by atoms with E-state index in [0.717, 1.165) is 31.5 Å². The molecule has 1 N–H and O–H groups in total. The van der Waals surface area contributed by atoms with Crippen LogP contribution in [0, 0.1) is 6.92 Å². The molecule has 0 spiro atoms. The van der Waals surface area contributed by atoms with Crippen molar-refractivity contribution in [2.45, 2.75) is 40.2 Å². The Kier molecular flexibility index (Phi) is 4.92. The number of hydrogen-bond acceptors (Lipinski definition) is 5. The summed E-state index contributed by atoms with van der Waals surface area (Å²) in [6, 6.07) is 0. The number of aryl methyl sites for hydroxylation is 2. The van der Waals surface area contributed by atoms with Gasteiger partial charge >= 0.3 is 0 Å². The molecule has 6 heteroatoms. The molecule has 2 heterocycles. The quantitative estimate of drug-likeness (QED) is 0.841. The molecule has 0 unspecified atom stereocenters. The third kappa shape index (κ3) is 3.69. The van der Waals surface area contributed by atoms with Gasteiger partial charge in [0.1, 0.15) is 0 Å². The molecule has 2 aromatic rings. The molecule has 0 radical (unpaired) electrons. The summed E-state index contributed by atoms with van der Waals surface area (Å²) in [5.41, 5.74) is 0.898. The fraction of sp³-hybridized carbons (Fsp3) is 0.500. The molecule has 0 aliphatic heterocycles. The van der Waals surface area contributed by atoms with Crippen molar-refractivity contribution >= 4 is 5.95 Å². The first-order chi connectivity index (χ1) is 9.72. The molecule has 0 saturated heterocycles. The molecule has 0 atom stereocenters. The van der Waals surface area contributed by atoms with Crippen LogP contribution in [0.3, 0.4) is 0 Å². The van der Waals surface area contributed by atoms with Crippen molar-refractivity contribution in [3.63, 3.8) is 0 Å². The molecule has 0 amide bonds. The van der Waals surface area contributed by atoms with E-state index in [1.165, 1.54) is 0 Å². The monoisotopic (exact) mass is 275 g/mol. The van der Waals surface area contributed by atoms with Gasteiger partial charge in [0.15, 0.2) is 5.75 Å². The van der Waals surface area contributed by atoms with Crippen LogP contribution in [0.15, 0.2) is 18.6 Å². The first kappa shape index (κ1) is 14.3. The van der Waals surface area contributed by atoms with Gasteiger partial charge in [-0.05, 0) is 19.8 Å². The van der Waals surface area contributed by atoms with Crippen molar-refractivity contribution in [3.05, 3.63) is 24.2 Å². The van der Waals surface area contributed by atoms with Gasteiger partial charge in [0.2, 0.25) is 11.8 Å². The van der Waals surface area contributed by atoms with Gasteiger partial charge in [0, 0.05) is 24.8 Å². The van der Waals surface area contributed by atoms with E-state index in [1.807, 2.05) is 17.8 Å². The maximum Gasteiger partial charge on any atom is 0.227 e. The summed E-state index contributed by atoms with van der Waals surface area (Å²) in [4.78, 5) is 8.61. The molecule has 0 bridgehead atoms. The summed E-state index contributed by atoms with van der Waals surface area (Å²) in [5.74, 6) is 1.85. The highest BCUT2D eigenvalue weighted by Crippen LogP contribution is 2.22. The number of nitrogens with zero attached hydrogens (tertiary/aromatic N) is 4. The Morgan fingerprint density at radius 2 is 2.10 bits per heavy atom. The van der Waals surface area contributed by atoms with Gasteiger partial charge in [0.25, 0.3) is 0 Å².